The van der Waals surface area contributed by atoms with Gasteiger partial charge in [0.05, 0.1) is 34.4 Å². The largest absolute Gasteiger partial charge is 0.361 e. The van der Waals surface area contributed by atoms with Crippen LogP contribution in [0, 0.1) is 20.8 Å². The number of nitrogens with zero attached hydrogens (tertiary/aromatic N) is 5. The summed E-state index contributed by atoms with van der Waals surface area (Å²) in [6.07, 6.45) is 5.13. The molecule has 0 saturated heterocycles. The molecule has 0 bridgehead atoms. The van der Waals surface area contributed by atoms with Crippen molar-refractivity contribution in [2.24, 2.45) is 0 Å². The highest BCUT2D eigenvalue weighted by molar-refractivity contribution is 9.10. The third kappa shape index (κ3) is 3.35. The number of anilines is 2. The van der Waals surface area contributed by atoms with Crippen LogP contribution >= 0.6 is 15.9 Å². The molecule has 0 unspecified atom stereocenters. The minimum atomic E-state index is 0.680. The molecule has 0 amide bonds. The molecule has 3 aromatic heterocycles. The van der Waals surface area contributed by atoms with Crippen LogP contribution in [0.25, 0.3) is 16.9 Å². The molecule has 8 heteroatoms. The number of nitrogens with one attached hydrogen (secondary N) is 1. The highest BCUT2D eigenvalue weighted by Crippen LogP contribution is 2.32. The van der Waals surface area contributed by atoms with E-state index >= 15 is 0 Å². The molecule has 27 heavy (non-hydrogen) atoms. The van der Waals surface area contributed by atoms with Crippen LogP contribution in [0.3, 0.4) is 0 Å². The van der Waals surface area contributed by atoms with E-state index in [0.29, 0.717) is 5.82 Å². The number of benzene rings is 1. The van der Waals surface area contributed by atoms with Crippen LogP contribution in [0.1, 0.15) is 17.0 Å². The standard InChI is InChI=1S/C19H17BrN6O/c1-11-4-5-14(18-12(2)24-27-13(18)3)8-17(11)23-15-9-16(20)19(21-10-15)26-7-6-22-25-26/h4-10,23H,1-3H3. The quantitative estimate of drug-likeness (QED) is 0.508. The molecule has 3 heterocycles. The first-order valence-electron chi connectivity index (χ1n) is 8.36. The van der Waals surface area contributed by atoms with Gasteiger partial charge in [0.15, 0.2) is 5.82 Å². The number of aromatic nitrogens is 5. The molecular weight excluding hydrogens is 408 g/mol. The number of aryl methyl sites for hydroxylation is 3. The van der Waals surface area contributed by atoms with Crippen LogP contribution in [-0.4, -0.2) is 25.1 Å². The van der Waals surface area contributed by atoms with Gasteiger partial charge in [-0.25, -0.2) is 9.67 Å². The molecule has 0 fully saturated rings. The molecule has 136 valence electrons. The van der Waals surface area contributed by atoms with Crippen molar-refractivity contribution in [3.63, 3.8) is 0 Å². The van der Waals surface area contributed by atoms with Gasteiger partial charge < -0.3 is 9.84 Å². The molecule has 0 saturated carbocycles. The lowest BCUT2D eigenvalue weighted by atomic mass is 10.0. The lowest BCUT2D eigenvalue weighted by molar-refractivity contribution is 0.393. The van der Waals surface area contributed by atoms with E-state index in [1.54, 1.807) is 23.3 Å². The Bertz CT molecular complexity index is 1080. The van der Waals surface area contributed by atoms with Gasteiger partial charge in [-0.2, -0.15) is 0 Å². The molecule has 0 aliphatic carbocycles. The SMILES string of the molecule is Cc1ccc(-c2c(C)noc2C)cc1Nc1cnc(-n2ccnn2)c(Br)c1. The van der Waals surface area contributed by atoms with Crippen molar-refractivity contribution in [1.82, 2.24) is 25.1 Å². The van der Waals surface area contributed by atoms with Crippen LogP contribution < -0.4 is 5.32 Å². The van der Waals surface area contributed by atoms with Gasteiger partial charge in [-0.05, 0) is 60.0 Å². The van der Waals surface area contributed by atoms with Crippen molar-refractivity contribution in [3.8, 4) is 16.9 Å². The monoisotopic (exact) mass is 424 g/mol. The highest BCUT2D eigenvalue weighted by Gasteiger charge is 2.13. The van der Waals surface area contributed by atoms with Crippen LogP contribution in [0.4, 0.5) is 11.4 Å². The van der Waals surface area contributed by atoms with Crippen molar-refractivity contribution in [2.75, 3.05) is 5.32 Å². The third-order valence-electron chi connectivity index (χ3n) is 4.30. The molecule has 0 radical (unpaired) electrons. The first kappa shape index (κ1) is 17.4. The minimum absolute atomic E-state index is 0.680. The first-order chi connectivity index (χ1) is 13.0. The van der Waals surface area contributed by atoms with Gasteiger partial charge in [0.2, 0.25) is 0 Å². The number of rotatable bonds is 4. The Morgan fingerprint density at radius 2 is 2.00 bits per heavy atom. The zero-order valence-corrected chi connectivity index (χ0v) is 16.6. The average Bonchev–Trinajstić information content (AvgIpc) is 3.28. The molecular formula is C19H17BrN6O. The minimum Gasteiger partial charge on any atom is -0.361 e. The highest BCUT2D eigenvalue weighted by atomic mass is 79.9. The summed E-state index contributed by atoms with van der Waals surface area (Å²) in [4.78, 5) is 4.47. The smallest absolute Gasteiger partial charge is 0.169 e. The Hall–Kier alpha value is -3.00. The predicted octanol–water partition coefficient (Wildman–Crippen LogP) is 4.75. The first-order valence-corrected chi connectivity index (χ1v) is 9.15. The molecule has 0 spiro atoms. The normalized spacial score (nSPS) is 11.0. The Balaban J connectivity index is 1.67. The van der Waals surface area contributed by atoms with Crippen LogP contribution in [0.15, 0.2) is 51.9 Å². The topological polar surface area (TPSA) is 81.7 Å². The van der Waals surface area contributed by atoms with E-state index in [-0.39, 0.29) is 0 Å². The van der Waals surface area contributed by atoms with E-state index in [1.165, 1.54) is 0 Å². The summed E-state index contributed by atoms with van der Waals surface area (Å²) in [5.41, 5.74) is 5.95. The summed E-state index contributed by atoms with van der Waals surface area (Å²) < 4.78 is 7.73. The van der Waals surface area contributed by atoms with E-state index in [2.05, 4.69) is 66.8 Å². The Kier molecular flexibility index (Phi) is 4.49. The summed E-state index contributed by atoms with van der Waals surface area (Å²) in [5.74, 6) is 1.49. The summed E-state index contributed by atoms with van der Waals surface area (Å²) in [6.45, 7) is 5.93. The molecule has 0 atom stereocenters. The van der Waals surface area contributed by atoms with E-state index in [9.17, 15) is 0 Å². The Morgan fingerprint density at radius 1 is 1.15 bits per heavy atom. The predicted molar refractivity (Wildman–Crippen MR) is 106 cm³/mol. The fraction of sp³-hybridized carbons (Fsp3) is 0.158. The molecule has 1 aromatic carbocycles. The maximum absolute atomic E-state index is 5.30. The second-order valence-electron chi connectivity index (χ2n) is 6.23. The third-order valence-corrected chi connectivity index (χ3v) is 4.88. The van der Waals surface area contributed by atoms with E-state index in [0.717, 1.165) is 44.0 Å². The van der Waals surface area contributed by atoms with Gasteiger partial charge >= 0.3 is 0 Å². The summed E-state index contributed by atoms with van der Waals surface area (Å²) >= 11 is 3.55. The Labute approximate surface area is 164 Å². The molecule has 7 nitrogen and oxygen atoms in total. The number of hydrogen-bond donors (Lipinski definition) is 1. The fourth-order valence-corrected chi connectivity index (χ4v) is 3.48. The maximum atomic E-state index is 5.30. The number of halogens is 1. The van der Waals surface area contributed by atoms with Crippen LogP contribution in [0.2, 0.25) is 0 Å². The second-order valence-corrected chi connectivity index (χ2v) is 7.09. The number of pyridine rings is 1. The molecule has 4 aromatic rings. The average molecular weight is 425 g/mol. The summed E-state index contributed by atoms with van der Waals surface area (Å²) in [7, 11) is 0. The van der Waals surface area contributed by atoms with Gasteiger partial charge in [-0.15, -0.1) is 5.10 Å². The van der Waals surface area contributed by atoms with Gasteiger partial charge in [-0.3, -0.25) is 0 Å². The lowest BCUT2D eigenvalue weighted by Crippen LogP contribution is -2.01. The van der Waals surface area contributed by atoms with E-state index in [1.807, 2.05) is 19.9 Å². The van der Waals surface area contributed by atoms with Crippen molar-refractivity contribution in [2.45, 2.75) is 20.8 Å². The second kappa shape index (κ2) is 6.96. The van der Waals surface area contributed by atoms with E-state index < -0.39 is 0 Å². The zero-order valence-electron chi connectivity index (χ0n) is 15.1. The lowest BCUT2D eigenvalue weighted by Gasteiger charge is -2.13. The van der Waals surface area contributed by atoms with Crippen LogP contribution in [-0.2, 0) is 0 Å². The number of hydrogen-bond acceptors (Lipinski definition) is 6. The Morgan fingerprint density at radius 3 is 2.67 bits per heavy atom. The summed E-state index contributed by atoms with van der Waals surface area (Å²) in [5, 5.41) is 15.3. The molecule has 4 rings (SSSR count). The molecule has 0 aliphatic rings. The van der Waals surface area contributed by atoms with Gasteiger partial charge in [-0.1, -0.05) is 22.5 Å². The van der Waals surface area contributed by atoms with Crippen molar-refractivity contribution >= 4 is 27.3 Å². The van der Waals surface area contributed by atoms with E-state index in [4.69, 9.17) is 4.52 Å². The van der Waals surface area contributed by atoms with Gasteiger partial charge in [0.1, 0.15) is 5.76 Å². The summed E-state index contributed by atoms with van der Waals surface area (Å²) in [6, 6.07) is 8.22. The fourth-order valence-electron chi connectivity index (χ4n) is 2.95. The molecule has 1 N–H and O–H groups in total. The molecule has 0 aliphatic heterocycles. The van der Waals surface area contributed by atoms with Crippen molar-refractivity contribution in [3.05, 3.63) is 64.3 Å². The van der Waals surface area contributed by atoms with Crippen molar-refractivity contribution in [1.29, 1.82) is 0 Å². The van der Waals surface area contributed by atoms with Crippen molar-refractivity contribution < 1.29 is 4.52 Å². The van der Waals surface area contributed by atoms with Gasteiger partial charge in [0.25, 0.3) is 0 Å². The van der Waals surface area contributed by atoms with Crippen LogP contribution in [0.5, 0.6) is 0 Å². The zero-order chi connectivity index (χ0) is 19.0. The van der Waals surface area contributed by atoms with Gasteiger partial charge in [0, 0.05) is 11.3 Å². The maximum Gasteiger partial charge on any atom is 0.169 e.